The molecule has 2 aliphatic rings. The monoisotopic (exact) mass is 613 g/mol. The minimum atomic E-state index is -0.512. The van der Waals surface area contributed by atoms with E-state index in [1.165, 1.54) is 12.3 Å². The van der Waals surface area contributed by atoms with Gasteiger partial charge in [-0.3, -0.25) is 9.69 Å². The van der Waals surface area contributed by atoms with Crippen LogP contribution in [0.25, 0.3) is 16.9 Å². The van der Waals surface area contributed by atoms with Crippen molar-refractivity contribution in [2.75, 3.05) is 45.9 Å². The Morgan fingerprint density at radius 2 is 1.82 bits per heavy atom. The van der Waals surface area contributed by atoms with Crippen LogP contribution >= 0.6 is 0 Å². The molecule has 10 nitrogen and oxygen atoms in total. The fraction of sp³-hybridized carbons (Fsp3) is 0.441. The lowest BCUT2D eigenvalue weighted by Gasteiger charge is -2.37. The zero-order chi connectivity index (χ0) is 31.5. The molecule has 236 valence electrons. The summed E-state index contributed by atoms with van der Waals surface area (Å²) in [4.78, 5) is 31.2. The van der Waals surface area contributed by atoms with E-state index in [1.807, 2.05) is 48.0 Å². The van der Waals surface area contributed by atoms with Gasteiger partial charge >= 0.3 is 0 Å². The number of anilines is 1. The van der Waals surface area contributed by atoms with Crippen LogP contribution in [-0.4, -0.2) is 88.5 Å². The van der Waals surface area contributed by atoms with Crippen molar-refractivity contribution in [1.82, 2.24) is 29.6 Å². The molecule has 3 aromatic heterocycles. The molecule has 0 spiro atoms. The van der Waals surface area contributed by atoms with Gasteiger partial charge in [-0.1, -0.05) is 18.2 Å². The molecule has 2 saturated heterocycles. The number of Topliss-reactive ketones (excluding diaryl/α,β-unsaturated/α-hetero) is 1. The van der Waals surface area contributed by atoms with Crippen molar-refractivity contribution in [2.45, 2.75) is 50.8 Å². The standard InChI is InChI=1S/C34H40FN7O3/c1-22-30(17-28(43)15-24-14-27(11-13-44-3)40(2)33(24)23-10-12-36-31(35)16-23)42(26-8-6-5-7-9-26)39-32(22)25-18-37-34(38-19-25)41-20-29(21-41)45-4/h5-10,12,16,18-19,24,27,29,33H,11,13-15,17,20-21H2,1-4H3/t24-,27+,33-/m0/s1. The molecule has 0 aliphatic carbocycles. The molecular weight excluding hydrogens is 573 g/mol. The van der Waals surface area contributed by atoms with Crippen LogP contribution in [0.3, 0.4) is 0 Å². The summed E-state index contributed by atoms with van der Waals surface area (Å²) in [5.74, 6) is 0.294. The summed E-state index contributed by atoms with van der Waals surface area (Å²) in [6, 6.07) is 13.3. The molecule has 2 fully saturated rings. The lowest BCUT2D eigenvalue weighted by molar-refractivity contribution is -0.119. The maximum Gasteiger partial charge on any atom is 0.225 e. The summed E-state index contributed by atoms with van der Waals surface area (Å²) < 4.78 is 26.8. The fourth-order valence-corrected chi connectivity index (χ4v) is 6.79. The molecule has 1 aromatic carbocycles. The minimum Gasteiger partial charge on any atom is -0.385 e. The van der Waals surface area contributed by atoms with E-state index < -0.39 is 5.95 Å². The SMILES string of the molecule is COCC[C@@H]1C[C@@H](CC(=O)Cc2c(C)c(-c3cnc(N4CC(OC)C4)nc3)nn2-c2ccccc2)[C@H](c2ccnc(F)c2)N1C. The second kappa shape index (κ2) is 13.5. The third-order valence-electron chi connectivity index (χ3n) is 9.26. The summed E-state index contributed by atoms with van der Waals surface area (Å²) in [7, 11) is 5.47. The van der Waals surface area contributed by atoms with Gasteiger partial charge in [-0.25, -0.2) is 19.6 Å². The van der Waals surface area contributed by atoms with Crippen molar-refractivity contribution < 1.29 is 18.7 Å². The highest BCUT2D eigenvalue weighted by atomic mass is 19.1. The summed E-state index contributed by atoms with van der Waals surface area (Å²) in [6.07, 6.45) is 7.56. The quantitative estimate of drug-likeness (QED) is 0.212. The van der Waals surface area contributed by atoms with Gasteiger partial charge in [-0.15, -0.1) is 0 Å². The number of nitrogens with zero attached hydrogens (tertiary/aromatic N) is 7. The number of para-hydroxylation sites is 1. The Labute approximate surface area is 263 Å². The third kappa shape index (κ3) is 6.51. The van der Waals surface area contributed by atoms with Crippen molar-refractivity contribution in [3.8, 4) is 16.9 Å². The Hall–Kier alpha value is -4.06. The maximum absolute atomic E-state index is 14.2. The number of aromatic nitrogens is 5. The molecule has 0 unspecified atom stereocenters. The Morgan fingerprint density at radius 1 is 1.07 bits per heavy atom. The van der Waals surface area contributed by atoms with E-state index in [-0.39, 0.29) is 36.3 Å². The van der Waals surface area contributed by atoms with E-state index in [1.54, 1.807) is 26.6 Å². The Bertz CT molecular complexity index is 1610. The molecule has 6 rings (SSSR count). The molecule has 4 aromatic rings. The highest BCUT2D eigenvalue weighted by molar-refractivity contribution is 5.82. The van der Waals surface area contributed by atoms with Crippen LogP contribution in [0.5, 0.6) is 0 Å². The van der Waals surface area contributed by atoms with Crippen molar-refractivity contribution in [3.05, 3.63) is 83.8 Å². The zero-order valence-electron chi connectivity index (χ0n) is 26.3. The first-order chi connectivity index (χ1) is 21.9. The molecule has 11 heteroatoms. The number of methoxy groups -OCH3 is 2. The number of pyridine rings is 1. The summed E-state index contributed by atoms with van der Waals surface area (Å²) in [5.41, 5.74) is 5.02. The van der Waals surface area contributed by atoms with Gasteiger partial charge in [0.25, 0.3) is 0 Å². The van der Waals surface area contributed by atoms with Crippen LogP contribution in [0.1, 0.15) is 42.1 Å². The predicted octanol–water partition coefficient (Wildman–Crippen LogP) is 4.61. The van der Waals surface area contributed by atoms with Crippen LogP contribution in [0.2, 0.25) is 0 Å². The van der Waals surface area contributed by atoms with E-state index in [4.69, 9.17) is 14.6 Å². The fourth-order valence-electron chi connectivity index (χ4n) is 6.79. The van der Waals surface area contributed by atoms with Crippen LogP contribution < -0.4 is 4.90 Å². The van der Waals surface area contributed by atoms with Gasteiger partial charge in [0.2, 0.25) is 11.9 Å². The van der Waals surface area contributed by atoms with Gasteiger partial charge in [-0.05, 0) is 68.1 Å². The Morgan fingerprint density at radius 3 is 2.51 bits per heavy atom. The summed E-state index contributed by atoms with van der Waals surface area (Å²) in [6.45, 7) is 4.17. The molecular formula is C34H40FN7O3. The number of benzene rings is 1. The third-order valence-corrected chi connectivity index (χ3v) is 9.26. The number of ketones is 1. The van der Waals surface area contributed by atoms with Crippen LogP contribution in [0, 0.1) is 18.8 Å². The van der Waals surface area contributed by atoms with Crippen LogP contribution in [-0.2, 0) is 20.7 Å². The highest BCUT2D eigenvalue weighted by Crippen LogP contribution is 2.43. The van der Waals surface area contributed by atoms with Gasteiger partial charge in [0.15, 0.2) is 0 Å². The predicted molar refractivity (Wildman–Crippen MR) is 169 cm³/mol. The first kappa shape index (κ1) is 30.9. The van der Waals surface area contributed by atoms with Crippen LogP contribution in [0.4, 0.5) is 10.3 Å². The molecule has 3 atom stereocenters. The van der Waals surface area contributed by atoms with E-state index >= 15 is 0 Å². The molecule has 0 saturated carbocycles. The Kier molecular flexibility index (Phi) is 9.29. The minimum absolute atomic E-state index is 0.0270. The van der Waals surface area contributed by atoms with Crippen molar-refractivity contribution in [2.24, 2.45) is 5.92 Å². The smallest absolute Gasteiger partial charge is 0.225 e. The van der Waals surface area contributed by atoms with Gasteiger partial charge < -0.3 is 14.4 Å². The van der Waals surface area contributed by atoms with Gasteiger partial charge in [-0.2, -0.15) is 9.49 Å². The molecule has 0 amide bonds. The Balaban J connectivity index is 1.26. The second-order valence-corrected chi connectivity index (χ2v) is 12.1. The molecule has 45 heavy (non-hydrogen) atoms. The number of carbonyl (C=O) groups excluding carboxylic acids is 1. The van der Waals surface area contributed by atoms with E-state index in [0.29, 0.717) is 19.0 Å². The number of ether oxygens (including phenoxy) is 2. The summed E-state index contributed by atoms with van der Waals surface area (Å²) >= 11 is 0. The lowest BCUT2D eigenvalue weighted by atomic mass is 9.88. The molecule has 5 heterocycles. The van der Waals surface area contributed by atoms with Gasteiger partial charge in [0, 0.05) is 83.0 Å². The largest absolute Gasteiger partial charge is 0.385 e. The van der Waals surface area contributed by atoms with Crippen molar-refractivity contribution in [1.29, 1.82) is 0 Å². The van der Waals surface area contributed by atoms with Crippen molar-refractivity contribution in [3.63, 3.8) is 0 Å². The average Bonchev–Trinajstić information content (AvgIpc) is 3.51. The van der Waals surface area contributed by atoms with E-state index in [9.17, 15) is 9.18 Å². The van der Waals surface area contributed by atoms with Gasteiger partial charge in [0.1, 0.15) is 5.78 Å². The van der Waals surface area contributed by atoms with Crippen LogP contribution in [0.15, 0.2) is 61.1 Å². The average molecular weight is 614 g/mol. The number of hydrogen-bond donors (Lipinski definition) is 0. The number of rotatable bonds is 12. The first-order valence-corrected chi connectivity index (χ1v) is 15.4. The topological polar surface area (TPSA) is 98.5 Å². The van der Waals surface area contributed by atoms with Gasteiger partial charge in [0.05, 0.1) is 23.2 Å². The van der Waals surface area contributed by atoms with Crippen molar-refractivity contribution >= 4 is 11.7 Å². The highest BCUT2D eigenvalue weighted by Gasteiger charge is 2.40. The molecule has 0 bridgehead atoms. The summed E-state index contributed by atoms with van der Waals surface area (Å²) in [5, 5.41) is 4.98. The first-order valence-electron chi connectivity index (χ1n) is 15.4. The molecule has 0 N–H and O–H groups in total. The number of hydrogen-bond acceptors (Lipinski definition) is 9. The maximum atomic E-state index is 14.2. The number of halogens is 1. The normalized spacial score (nSPS) is 20.5. The van der Waals surface area contributed by atoms with E-state index in [0.717, 1.165) is 59.7 Å². The number of carbonyl (C=O) groups is 1. The zero-order valence-corrected chi connectivity index (χ0v) is 26.3. The molecule has 0 radical (unpaired) electrons. The number of likely N-dealkylation sites (tertiary alicyclic amines) is 1. The second-order valence-electron chi connectivity index (χ2n) is 12.1. The molecule has 2 aliphatic heterocycles. The van der Waals surface area contributed by atoms with E-state index in [2.05, 4.69) is 31.8 Å². The lowest BCUT2D eigenvalue weighted by Crippen LogP contribution is -2.52.